The summed E-state index contributed by atoms with van der Waals surface area (Å²) in [6.45, 7) is 4.68. The van der Waals surface area contributed by atoms with Gasteiger partial charge in [0.05, 0.1) is 22.4 Å². The van der Waals surface area contributed by atoms with Crippen LogP contribution in [0.25, 0.3) is 0 Å². The molecule has 0 spiro atoms. The Hall–Kier alpha value is -2.01. The Bertz CT molecular complexity index is 714. The number of nitrogens with one attached hydrogen (secondary N) is 1. The van der Waals surface area contributed by atoms with Gasteiger partial charge in [0, 0.05) is 18.5 Å². The number of likely N-dealkylation sites (tertiary alicyclic amines) is 1. The molecule has 6 heteroatoms. The van der Waals surface area contributed by atoms with Gasteiger partial charge in [0.25, 0.3) is 0 Å². The van der Waals surface area contributed by atoms with Gasteiger partial charge in [0.2, 0.25) is 0 Å². The second-order valence-corrected chi connectivity index (χ2v) is 6.13. The second kappa shape index (κ2) is 6.62. The molecule has 1 N–H and O–H groups in total. The van der Waals surface area contributed by atoms with Crippen molar-refractivity contribution in [2.24, 2.45) is 0 Å². The van der Waals surface area contributed by atoms with Crippen molar-refractivity contribution in [2.75, 3.05) is 11.9 Å². The fourth-order valence-corrected chi connectivity index (χ4v) is 3.35. The van der Waals surface area contributed by atoms with Gasteiger partial charge in [-0.1, -0.05) is 35.8 Å². The molecule has 0 bridgehead atoms. The van der Waals surface area contributed by atoms with Gasteiger partial charge >= 0.3 is 6.03 Å². The number of urea groups is 1. The van der Waals surface area contributed by atoms with Gasteiger partial charge < -0.3 is 14.7 Å². The molecule has 2 amide bonds. The summed E-state index contributed by atoms with van der Waals surface area (Å²) >= 11 is 6.13. The maximum absolute atomic E-state index is 12.7. The topological polar surface area (TPSA) is 58.4 Å². The summed E-state index contributed by atoms with van der Waals surface area (Å²) in [6.07, 6.45) is 2.66. The minimum absolute atomic E-state index is 0.0127. The number of nitrogens with zero attached hydrogens (tertiary/aromatic N) is 2. The SMILES string of the molecule is CCc1onc(C)c1[C@@H]1CCCN1C(=O)Nc1ccccc1Cl. The summed E-state index contributed by atoms with van der Waals surface area (Å²) < 4.78 is 5.39. The number of amides is 2. The number of halogens is 1. The third-order valence-electron chi connectivity index (χ3n) is 4.27. The van der Waals surface area contributed by atoms with Crippen LogP contribution in [0.1, 0.15) is 42.8 Å². The van der Waals surface area contributed by atoms with Crippen LogP contribution in [0.5, 0.6) is 0 Å². The number of hydrogen-bond acceptors (Lipinski definition) is 3. The van der Waals surface area contributed by atoms with Gasteiger partial charge in [-0.3, -0.25) is 0 Å². The maximum Gasteiger partial charge on any atom is 0.322 e. The lowest BCUT2D eigenvalue weighted by atomic mass is 10.0. The monoisotopic (exact) mass is 333 g/mol. The lowest BCUT2D eigenvalue weighted by Crippen LogP contribution is -2.35. The van der Waals surface area contributed by atoms with E-state index < -0.39 is 0 Å². The van der Waals surface area contributed by atoms with E-state index in [4.69, 9.17) is 16.1 Å². The van der Waals surface area contributed by atoms with Crippen LogP contribution < -0.4 is 5.32 Å². The standard InChI is InChI=1S/C17H20ClN3O2/c1-3-15-16(11(2)20-23-15)14-9-6-10-21(14)17(22)19-13-8-5-4-7-12(13)18/h4-5,7-8,14H,3,6,9-10H2,1-2H3,(H,19,22)/t14-/m0/s1. The van der Waals surface area contributed by atoms with E-state index >= 15 is 0 Å². The molecule has 0 radical (unpaired) electrons. The average Bonchev–Trinajstić information content (AvgIpc) is 3.15. The van der Waals surface area contributed by atoms with E-state index in [-0.39, 0.29) is 12.1 Å². The molecule has 0 saturated carbocycles. The van der Waals surface area contributed by atoms with Gasteiger partial charge in [-0.25, -0.2) is 4.79 Å². The van der Waals surface area contributed by atoms with Crippen LogP contribution in [0.2, 0.25) is 5.02 Å². The first-order valence-electron chi connectivity index (χ1n) is 7.89. The molecule has 1 saturated heterocycles. The second-order valence-electron chi connectivity index (χ2n) is 5.72. The van der Waals surface area contributed by atoms with Crippen molar-refractivity contribution in [1.29, 1.82) is 0 Å². The molecule has 1 aliphatic heterocycles. The molecular weight excluding hydrogens is 314 g/mol. The van der Waals surface area contributed by atoms with E-state index in [0.717, 1.165) is 36.3 Å². The van der Waals surface area contributed by atoms with Crippen molar-refractivity contribution in [3.63, 3.8) is 0 Å². The molecule has 23 heavy (non-hydrogen) atoms. The molecule has 1 aromatic carbocycles. The normalized spacial score (nSPS) is 17.5. The molecule has 3 rings (SSSR count). The number of carbonyl (C=O) groups excluding carboxylic acids is 1. The van der Waals surface area contributed by atoms with Crippen LogP contribution in [0.3, 0.4) is 0 Å². The molecule has 0 aliphatic carbocycles. The van der Waals surface area contributed by atoms with Crippen LogP contribution in [-0.4, -0.2) is 22.6 Å². The number of aromatic nitrogens is 1. The Morgan fingerprint density at radius 1 is 1.48 bits per heavy atom. The average molecular weight is 334 g/mol. The van der Waals surface area contributed by atoms with E-state index in [1.54, 1.807) is 12.1 Å². The number of anilines is 1. The molecule has 2 heterocycles. The Kier molecular flexibility index (Phi) is 4.57. The number of hydrogen-bond donors (Lipinski definition) is 1. The van der Waals surface area contributed by atoms with Crippen molar-refractivity contribution in [1.82, 2.24) is 10.1 Å². The van der Waals surface area contributed by atoms with Crippen LogP contribution in [0.15, 0.2) is 28.8 Å². The molecule has 0 unspecified atom stereocenters. The van der Waals surface area contributed by atoms with Crippen molar-refractivity contribution in [3.8, 4) is 0 Å². The zero-order chi connectivity index (χ0) is 16.4. The first-order chi connectivity index (χ1) is 11.1. The van der Waals surface area contributed by atoms with E-state index in [0.29, 0.717) is 17.3 Å². The zero-order valence-electron chi connectivity index (χ0n) is 13.3. The van der Waals surface area contributed by atoms with Gasteiger partial charge in [0.1, 0.15) is 5.76 Å². The predicted octanol–water partition coefficient (Wildman–Crippen LogP) is 4.57. The Morgan fingerprint density at radius 3 is 3.00 bits per heavy atom. The van der Waals surface area contributed by atoms with Gasteiger partial charge in [0.15, 0.2) is 0 Å². The van der Waals surface area contributed by atoms with E-state index in [1.807, 2.05) is 30.9 Å². The third kappa shape index (κ3) is 3.06. The fraction of sp³-hybridized carbons (Fsp3) is 0.412. The van der Waals surface area contributed by atoms with Crippen LogP contribution in [0, 0.1) is 6.92 Å². The highest BCUT2D eigenvalue weighted by Gasteiger charge is 2.34. The smallest absolute Gasteiger partial charge is 0.322 e. The predicted molar refractivity (Wildman–Crippen MR) is 89.8 cm³/mol. The first kappa shape index (κ1) is 15.9. The van der Waals surface area contributed by atoms with Gasteiger partial charge in [-0.05, 0) is 31.9 Å². The fourth-order valence-electron chi connectivity index (χ4n) is 3.17. The highest BCUT2D eigenvalue weighted by atomic mass is 35.5. The van der Waals surface area contributed by atoms with Crippen LogP contribution in [0.4, 0.5) is 10.5 Å². The van der Waals surface area contributed by atoms with Gasteiger partial charge in [-0.2, -0.15) is 0 Å². The van der Waals surface area contributed by atoms with Gasteiger partial charge in [-0.15, -0.1) is 0 Å². The Labute approximate surface area is 140 Å². The maximum atomic E-state index is 12.7. The van der Waals surface area contributed by atoms with E-state index in [9.17, 15) is 4.79 Å². The summed E-state index contributed by atoms with van der Waals surface area (Å²) in [5.74, 6) is 0.866. The number of rotatable bonds is 3. The summed E-state index contributed by atoms with van der Waals surface area (Å²) in [6, 6.07) is 7.13. The highest BCUT2D eigenvalue weighted by Crippen LogP contribution is 2.36. The molecule has 122 valence electrons. The number of para-hydroxylation sites is 1. The van der Waals surface area contributed by atoms with Crippen molar-refractivity contribution < 1.29 is 9.32 Å². The zero-order valence-corrected chi connectivity index (χ0v) is 14.1. The van der Waals surface area contributed by atoms with E-state index in [2.05, 4.69) is 10.5 Å². The Morgan fingerprint density at radius 2 is 2.26 bits per heavy atom. The first-order valence-corrected chi connectivity index (χ1v) is 8.26. The van der Waals surface area contributed by atoms with Crippen molar-refractivity contribution >= 4 is 23.3 Å². The molecule has 2 aromatic rings. The molecule has 1 fully saturated rings. The molecule has 1 aliphatic rings. The summed E-state index contributed by atoms with van der Waals surface area (Å²) in [5, 5.41) is 7.51. The number of aryl methyl sites for hydroxylation is 2. The largest absolute Gasteiger partial charge is 0.361 e. The number of benzene rings is 1. The lowest BCUT2D eigenvalue weighted by Gasteiger charge is -2.25. The van der Waals surface area contributed by atoms with E-state index in [1.165, 1.54) is 0 Å². The van der Waals surface area contributed by atoms with Crippen molar-refractivity contribution in [2.45, 2.75) is 39.2 Å². The molecule has 5 nitrogen and oxygen atoms in total. The summed E-state index contributed by atoms with van der Waals surface area (Å²) in [5.41, 5.74) is 2.55. The van der Waals surface area contributed by atoms with Crippen molar-refractivity contribution in [3.05, 3.63) is 46.3 Å². The highest BCUT2D eigenvalue weighted by molar-refractivity contribution is 6.33. The summed E-state index contributed by atoms with van der Waals surface area (Å²) in [7, 11) is 0. The minimum atomic E-state index is -0.136. The van der Waals surface area contributed by atoms with Crippen LogP contribution in [-0.2, 0) is 6.42 Å². The molecule has 1 aromatic heterocycles. The molecular formula is C17H20ClN3O2. The third-order valence-corrected chi connectivity index (χ3v) is 4.60. The Balaban J connectivity index is 1.83. The minimum Gasteiger partial charge on any atom is -0.361 e. The summed E-state index contributed by atoms with van der Waals surface area (Å²) in [4.78, 5) is 14.5. The lowest BCUT2D eigenvalue weighted by molar-refractivity contribution is 0.206. The van der Waals surface area contributed by atoms with Crippen LogP contribution >= 0.6 is 11.6 Å². The number of carbonyl (C=O) groups is 1. The molecule has 1 atom stereocenters. The quantitative estimate of drug-likeness (QED) is 0.895.